The Hall–Kier alpha value is -3.98. The number of aromatic amines is 1. The highest BCUT2D eigenvalue weighted by molar-refractivity contribution is 5.91. The van der Waals surface area contributed by atoms with Crippen LogP contribution in [0.15, 0.2) is 60.9 Å². The van der Waals surface area contributed by atoms with E-state index in [0.717, 1.165) is 22.2 Å². The molecule has 0 saturated carbocycles. The normalized spacial score (nSPS) is 11.8. The molecule has 4 aromatic rings. The van der Waals surface area contributed by atoms with E-state index in [9.17, 15) is 9.18 Å². The average Bonchev–Trinajstić information content (AvgIpc) is 3.25. The molecule has 0 aliphatic rings. The first kappa shape index (κ1) is 21.3. The third kappa shape index (κ3) is 4.84. The summed E-state index contributed by atoms with van der Waals surface area (Å²) in [6, 6.07) is 15.7. The number of nitrogens with one attached hydrogen (secondary N) is 3. The van der Waals surface area contributed by atoms with Crippen molar-refractivity contribution >= 4 is 22.8 Å². The van der Waals surface area contributed by atoms with Crippen LogP contribution in [-0.2, 0) is 4.79 Å². The molecule has 0 unspecified atom stereocenters. The van der Waals surface area contributed by atoms with Crippen LogP contribution in [0.5, 0.6) is 5.75 Å². The Labute approximate surface area is 183 Å². The number of ether oxygens (including phenoxy) is 1. The number of aromatic nitrogens is 3. The molecule has 1 atom stereocenters. The van der Waals surface area contributed by atoms with Crippen molar-refractivity contribution < 1.29 is 19.1 Å². The maximum Gasteiger partial charge on any atom is 0.246 e. The molecule has 4 rings (SSSR count). The van der Waals surface area contributed by atoms with E-state index in [0.29, 0.717) is 17.2 Å². The number of rotatable bonds is 8. The van der Waals surface area contributed by atoms with Gasteiger partial charge < -0.3 is 15.0 Å². The molecule has 0 fully saturated rings. The van der Waals surface area contributed by atoms with E-state index in [1.54, 1.807) is 29.7 Å². The highest BCUT2D eigenvalue weighted by atomic mass is 19.1. The molecule has 4 N–H and O–H groups in total. The monoisotopic (exact) mass is 435 g/mol. The average molecular weight is 435 g/mol. The Morgan fingerprint density at radius 3 is 2.62 bits per heavy atom. The molecule has 8 nitrogen and oxygen atoms in total. The fourth-order valence-electron chi connectivity index (χ4n) is 3.30. The number of carbonyl (C=O) groups excluding carboxylic acids is 1. The van der Waals surface area contributed by atoms with Crippen molar-refractivity contribution in [1.29, 1.82) is 0 Å². The number of halogens is 1. The fourth-order valence-corrected chi connectivity index (χ4v) is 3.30. The standard InChI is InChI=1S/C23H22FN5O3/c1-14(15-2-6-17(24)7-3-15)27-22-19-12-20(28-23(19)26-13-25-22)16-4-8-18(9-5-16)32-11-10-21(30)29-31/h2-9,12-14,31H,10-11H2,1H3,(H,29,30)(H2,25,26,27,28)/t14-/m1/s1. The van der Waals surface area contributed by atoms with Gasteiger partial charge in [0.05, 0.1) is 18.4 Å². The van der Waals surface area contributed by atoms with Gasteiger partial charge in [0.2, 0.25) is 5.91 Å². The molecule has 2 heterocycles. The number of benzene rings is 2. The number of anilines is 1. The number of H-pyrrole nitrogens is 1. The fraction of sp³-hybridized carbons (Fsp3) is 0.174. The largest absolute Gasteiger partial charge is 0.493 e. The number of fused-ring (bicyclic) bond motifs is 1. The van der Waals surface area contributed by atoms with Crippen LogP contribution < -0.4 is 15.5 Å². The summed E-state index contributed by atoms with van der Waals surface area (Å²) in [5, 5.41) is 12.7. The lowest BCUT2D eigenvalue weighted by molar-refractivity contribution is -0.129. The van der Waals surface area contributed by atoms with Crippen LogP contribution in [0.25, 0.3) is 22.3 Å². The molecule has 164 valence electrons. The van der Waals surface area contributed by atoms with Gasteiger partial charge in [-0.05, 0) is 60.5 Å². The summed E-state index contributed by atoms with van der Waals surface area (Å²) >= 11 is 0. The maximum absolute atomic E-state index is 13.2. The van der Waals surface area contributed by atoms with Gasteiger partial charge in [0.25, 0.3) is 0 Å². The highest BCUT2D eigenvalue weighted by Gasteiger charge is 2.13. The highest BCUT2D eigenvalue weighted by Crippen LogP contribution is 2.29. The van der Waals surface area contributed by atoms with E-state index in [1.807, 2.05) is 25.1 Å². The molecule has 32 heavy (non-hydrogen) atoms. The molecule has 0 bridgehead atoms. The Bertz CT molecular complexity index is 1210. The summed E-state index contributed by atoms with van der Waals surface area (Å²) in [4.78, 5) is 23.0. The van der Waals surface area contributed by atoms with Crippen LogP contribution in [0.3, 0.4) is 0 Å². The summed E-state index contributed by atoms with van der Waals surface area (Å²) in [5.74, 6) is 0.522. The first-order chi connectivity index (χ1) is 15.5. The zero-order chi connectivity index (χ0) is 22.5. The molecule has 2 aromatic carbocycles. The molecule has 0 radical (unpaired) electrons. The van der Waals surface area contributed by atoms with Gasteiger partial charge in [0.1, 0.15) is 29.4 Å². The summed E-state index contributed by atoms with van der Waals surface area (Å²) in [5.41, 5.74) is 5.00. The van der Waals surface area contributed by atoms with E-state index in [1.165, 1.54) is 18.5 Å². The predicted molar refractivity (Wildman–Crippen MR) is 118 cm³/mol. The molecule has 9 heteroatoms. The summed E-state index contributed by atoms with van der Waals surface area (Å²) in [6.45, 7) is 2.15. The van der Waals surface area contributed by atoms with E-state index in [4.69, 9.17) is 9.94 Å². The van der Waals surface area contributed by atoms with Crippen LogP contribution in [-0.4, -0.2) is 32.7 Å². The number of amides is 1. The predicted octanol–water partition coefficient (Wildman–Crippen LogP) is 4.21. The van der Waals surface area contributed by atoms with Crippen LogP contribution >= 0.6 is 0 Å². The van der Waals surface area contributed by atoms with Gasteiger partial charge in [0.15, 0.2) is 0 Å². The van der Waals surface area contributed by atoms with Gasteiger partial charge in [-0.25, -0.2) is 19.8 Å². The number of hydrogen-bond donors (Lipinski definition) is 4. The molecule has 1 amide bonds. The lowest BCUT2D eigenvalue weighted by Crippen LogP contribution is -2.20. The van der Waals surface area contributed by atoms with Gasteiger partial charge in [-0.1, -0.05) is 12.1 Å². The summed E-state index contributed by atoms with van der Waals surface area (Å²) in [6.07, 6.45) is 1.55. The number of hydrogen-bond acceptors (Lipinski definition) is 6. The third-order valence-corrected chi connectivity index (χ3v) is 5.04. The van der Waals surface area contributed by atoms with Gasteiger partial charge in [0, 0.05) is 11.7 Å². The smallest absolute Gasteiger partial charge is 0.246 e. The van der Waals surface area contributed by atoms with E-state index < -0.39 is 5.91 Å². The first-order valence-electron chi connectivity index (χ1n) is 10.1. The van der Waals surface area contributed by atoms with E-state index >= 15 is 0 Å². The van der Waals surface area contributed by atoms with Crippen molar-refractivity contribution in [3.63, 3.8) is 0 Å². The van der Waals surface area contributed by atoms with Gasteiger partial charge in [-0.2, -0.15) is 0 Å². The van der Waals surface area contributed by atoms with Crippen LogP contribution in [0.2, 0.25) is 0 Å². The lowest BCUT2D eigenvalue weighted by atomic mass is 10.1. The SMILES string of the molecule is C[C@@H](Nc1ncnc2[nH]c(-c3ccc(OCCC(=O)NO)cc3)cc12)c1ccc(F)cc1. The molecule has 0 saturated heterocycles. The minimum atomic E-state index is -0.501. The zero-order valence-corrected chi connectivity index (χ0v) is 17.3. The van der Waals surface area contributed by atoms with Crippen molar-refractivity contribution in [3.05, 3.63) is 72.3 Å². The number of carbonyl (C=O) groups is 1. The quantitative estimate of drug-likeness (QED) is 0.244. The van der Waals surface area contributed by atoms with E-state index in [2.05, 4.69) is 20.3 Å². The van der Waals surface area contributed by atoms with Gasteiger partial charge in [-0.3, -0.25) is 10.0 Å². The first-order valence-corrected chi connectivity index (χ1v) is 10.1. The van der Waals surface area contributed by atoms with Crippen molar-refractivity contribution in [2.45, 2.75) is 19.4 Å². The molecular weight excluding hydrogens is 413 g/mol. The molecular formula is C23H22FN5O3. The Morgan fingerprint density at radius 1 is 1.16 bits per heavy atom. The van der Waals surface area contributed by atoms with Crippen molar-refractivity contribution in [1.82, 2.24) is 20.4 Å². The molecule has 0 aliphatic carbocycles. The van der Waals surface area contributed by atoms with Crippen molar-refractivity contribution in [2.24, 2.45) is 0 Å². The topological polar surface area (TPSA) is 112 Å². The summed E-state index contributed by atoms with van der Waals surface area (Å²) < 4.78 is 18.7. The van der Waals surface area contributed by atoms with Gasteiger partial charge in [-0.15, -0.1) is 0 Å². The maximum atomic E-state index is 13.2. The van der Waals surface area contributed by atoms with Crippen LogP contribution in [0.4, 0.5) is 10.2 Å². The Balaban J connectivity index is 1.50. The number of nitrogens with zero attached hydrogens (tertiary/aromatic N) is 2. The Kier molecular flexibility index (Phi) is 6.27. The molecule has 0 aliphatic heterocycles. The van der Waals surface area contributed by atoms with Crippen LogP contribution in [0, 0.1) is 5.82 Å². The molecule has 2 aromatic heterocycles. The second-order valence-corrected chi connectivity index (χ2v) is 7.24. The van der Waals surface area contributed by atoms with E-state index in [-0.39, 0.29) is 24.9 Å². The van der Waals surface area contributed by atoms with Crippen molar-refractivity contribution in [2.75, 3.05) is 11.9 Å². The minimum absolute atomic E-state index is 0.0606. The second kappa shape index (κ2) is 9.44. The lowest BCUT2D eigenvalue weighted by Gasteiger charge is -2.15. The Morgan fingerprint density at radius 2 is 1.91 bits per heavy atom. The summed E-state index contributed by atoms with van der Waals surface area (Å²) in [7, 11) is 0. The zero-order valence-electron chi connectivity index (χ0n) is 17.3. The minimum Gasteiger partial charge on any atom is -0.493 e. The van der Waals surface area contributed by atoms with Crippen molar-refractivity contribution in [3.8, 4) is 17.0 Å². The number of hydroxylamine groups is 1. The second-order valence-electron chi connectivity index (χ2n) is 7.24. The third-order valence-electron chi connectivity index (χ3n) is 5.04. The van der Waals surface area contributed by atoms with Gasteiger partial charge >= 0.3 is 0 Å². The van der Waals surface area contributed by atoms with Crippen LogP contribution in [0.1, 0.15) is 24.9 Å². The molecule has 0 spiro atoms.